The first-order chi connectivity index (χ1) is 9.74. The zero-order chi connectivity index (χ0) is 14.4. The van der Waals surface area contributed by atoms with Gasteiger partial charge >= 0.3 is 0 Å². The molecule has 0 fully saturated rings. The first kappa shape index (κ1) is 14.3. The Balaban J connectivity index is 2.01. The number of hydrogen-bond donors (Lipinski definition) is 1. The molecule has 0 saturated carbocycles. The minimum Gasteiger partial charge on any atom is -0.321 e. The van der Waals surface area contributed by atoms with Gasteiger partial charge in [-0.2, -0.15) is 5.10 Å². The number of unbranched alkanes of at least 4 members (excludes halogenated alkanes) is 1. The van der Waals surface area contributed by atoms with Crippen LogP contribution in [0.3, 0.4) is 0 Å². The molecule has 0 unspecified atom stereocenters. The van der Waals surface area contributed by atoms with Crippen LogP contribution < -0.4 is 5.32 Å². The zero-order valence-electron chi connectivity index (χ0n) is 12.1. The molecule has 0 aliphatic heterocycles. The molecule has 1 aromatic carbocycles. The Labute approximate surface area is 119 Å². The Hall–Kier alpha value is -2.10. The van der Waals surface area contributed by atoms with Gasteiger partial charge < -0.3 is 5.32 Å². The fourth-order valence-electron chi connectivity index (χ4n) is 2.11. The zero-order valence-corrected chi connectivity index (χ0v) is 12.1. The molecule has 0 spiro atoms. The van der Waals surface area contributed by atoms with E-state index in [1.807, 2.05) is 19.1 Å². The van der Waals surface area contributed by atoms with Gasteiger partial charge in [0.25, 0.3) is 5.91 Å². The number of nitrogens with zero attached hydrogens (tertiary/aromatic N) is 2. The molecule has 0 radical (unpaired) electrons. The van der Waals surface area contributed by atoms with Gasteiger partial charge in [0.2, 0.25) is 0 Å². The number of hydrogen-bond acceptors (Lipinski definition) is 2. The number of amides is 1. The van der Waals surface area contributed by atoms with E-state index in [0.717, 1.165) is 12.1 Å². The van der Waals surface area contributed by atoms with E-state index in [0.29, 0.717) is 12.2 Å². The van der Waals surface area contributed by atoms with Crippen LogP contribution in [0.1, 0.15) is 42.7 Å². The van der Waals surface area contributed by atoms with Crippen LogP contribution in [0.25, 0.3) is 0 Å². The van der Waals surface area contributed by atoms with Crippen LogP contribution in [0, 0.1) is 0 Å². The summed E-state index contributed by atoms with van der Waals surface area (Å²) in [4.78, 5) is 12.1. The Morgan fingerprint density at radius 2 is 1.95 bits per heavy atom. The first-order valence-corrected chi connectivity index (χ1v) is 7.16. The molecule has 0 atom stereocenters. The highest BCUT2D eigenvalue weighted by Gasteiger charge is 2.10. The highest BCUT2D eigenvalue weighted by Crippen LogP contribution is 2.13. The maximum atomic E-state index is 12.1. The largest absolute Gasteiger partial charge is 0.321 e. The summed E-state index contributed by atoms with van der Waals surface area (Å²) in [5, 5.41) is 7.00. The van der Waals surface area contributed by atoms with Crippen molar-refractivity contribution in [3.8, 4) is 0 Å². The van der Waals surface area contributed by atoms with Gasteiger partial charge in [0.15, 0.2) is 0 Å². The Kier molecular flexibility index (Phi) is 4.93. The lowest BCUT2D eigenvalue weighted by Gasteiger charge is -2.07. The topological polar surface area (TPSA) is 46.9 Å². The number of anilines is 1. The molecule has 0 aliphatic carbocycles. The molecule has 4 nitrogen and oxygen atoms in total. The second-order valence-corrected chi connectivity index (χ2v) is 4.79. The van der Waals surface area contributed by atoms with Crippen LogP contribution in [0.2, 0.25) is 0 Å². The molecule has 2 rings (SSSR count). The predicted octanol–water partition coefficient (Wildman–Crippen LogP) is 3.50. The maximum Gasteiger partial charge on any atom is 0.273 e. The van der Waals surface area contributed by atoms with E-state index in [2.05, 4.69) is 29.5 Å². The molecule has 1 aromatic heterocycles. The number of benzene rings is 1. The third kappa shape index (κ3) is 3.47. The summed E-state index contributed by atoms with van der Waals surface area (Å²) in [6.45, 7) is 4.84. The van der Waals surface area contributed by atoms with Crippen molar-refractivity contribution in [2.75, 3.05) is 5.32 Å². The minimum absolute atomic E-state index is 0.120. The number of aryl methyl sites for hydroxylation is 2. The third-order valence-electron chi connectivity index (χ3n) is 3.28. The molecule has 1 heterocycles. The molecule has 20 heavy (non-hydrogen) atoms. The van der Waals surface area contributed by atoms with Gasteiger partial charge in [-0.3, -0.25) is 9.48 Å². The number of rotatable bonds is 6. The van der Waals surface area contributed by atoms with Gasteiger partial charge in [-0.05, 0) is 43.5 Å². The summed E-state index contributed by atoms with van der Waals surface area (Å²) in [7, 11) is 0. The summed E-state index contributed by atoms with van der Waals surface area (Å²) in [5.74, 6) is -0.120. The average Bonchev–Trinajstić information content (AvgIpc) is 2.95. The van der Waals surface area contributed by atoms with Gasteiger partial charge in [0.1, 0.15) is 5.69 Å². The molecule has 4 heteroatoms. The van der Waals surface area contributed by atoms with Crippen LogP contribution in [0.5, 0.6) is 0 Å². The average molecular weight is 271 g/mol. The van der Waals surface area contributed by atoms with Gasteiger partial charge in [-0.1, -0.05) is 25.5 Å². The van der Waals surface area contributed by atoms with Crippen LogP contribution in [0.15, 0.2) is 36.5 Å². The Bertz CT molecular complexity index is 557. The van der Waals surface area contributed by atoms with Crippen molar-refractivity contribution in [3.63, 3.8) is 0 Å². The van der Waals surface area contributed by atoms with E-state index in [-0.39, 0.29) is 5.91 Å². The minimum atomic E-state index is -0.120. The van der Waals surface area contributed by atoms with Crippen molar-refractivity contribution in [1.29, 1.82) is 0 Å². The first-order valence-electron chi connectivity index (χ1n) is 7.16. The van der Waals surface area contributed by atoms with Crippen molar-refractivity contribution in [3.05, 3.63) is 47.8 Å². The highest BCUT2D eigenvalue weighted by molar-refractivity contribution is 6.03. The van der Waals surface area contributed by atoms with E-state index < -0.39 is 0 Å². The third-order valence-corrected chi connectivity index (χ3v) is 3.28. The van der Waals surface area contributed by atoms with E-state index >= 15 is 0 Å². The number of carbonyl (C=O) groups is 1. The summed E-state index contributed by atoms with van der Waals surface area (Å²) >= 11 is 0. The van der Waals surface area contributed by atoms with Gasteiger partial charge in [-0.25, -0.2) is 0 Å². The fourth-order valence-corrected chi connectivity index (χ4v) is 2.11. The Morgan fingerprint density at radius 3 is 2.60 bits per heavy atom. The molecule has 2 aromatic rings. The van der Waals surface area contributed by atoms with Crippen molar-refractivity contribution < 1.29 is 4.79 Å². The summed E-state index contributed by atoms with van der Waals surface area (Å²) in [6.07, 6.45) is 5.13. The van der Waals surface area contributed by atoms with Crippen LogP contribution in [0.4, 0.5) is 5.69 Å². The van der Waals surface area contributed by atoms with Crippen LogP contribution >= 0.6 is 0 Å². The van der Waals surface area contributed by atoms with E-state index in [4.69, 9.17) is 0 Å². The number of carbonyl (C=O) groups excluding carboxylic acids is 1. The fraction of sp³-hybridized carbons (Fsp3) is 0.375. The van der Waals surface area contributed by atoms with Gasteiger partial charge in [0, 0.05) is 18.4 Å². The lowest BCUT2D eigenvalue weighted by atomic mass is 10.1. The molecule has 0 bridgehead atoms. The molecule has 0 aliphatic rings. The van der Waals surface area contributed by atoms with Crippen molar-refractivity contribution in [1.82, 2.24) is 9.78 Å². The molecule has 1 amide bonds. The summed E-state index contributed by atoms with van der Waals surface area (Å²) < 4.78 is 1.69. The van der Waals surface area contributed by atoms with Crippen molar-refractivity contribution in [2.24, 2.45) is 0 Å². The molecular weight excluding hydrogens is 250 g/mol. The second-order valence-electron chi connectivity index (χ2n) is 4.79. The second kappa shape index (κ2) is 6.89. The van der Waals surface area contributed by atoms with Crippen LogP contribution in [-0.2, 0) is 13.0 Å². The van der Waals surface area contributed by atoms with Gasteiger partial charge in [-0.15, -0.1) is 0 Å². The van der Waals surface area contributed by atoms with Crippen molar-refractivity contribution >= 4 is 11.6 Å². The number of nitrogens with one attached hydrogen (secondary N) is 1. The highest BCUT2D eigenvalue weighted by atomic mass is 16.2. The van der Waals surface area contributed by atoms with Gasteiger partial charge in [0.05, 0.1) is 0 Å². The van der Waals surface area contributed by atoms with Crippen LogP contribution in [-0.4, -0.2) is 15.7 Å². The van der Waals surface area contributed by atoms with Crippen molar-refractivity contribution in [2.45, 2.75) is 39.7 Å². The standard InChI is InChI=1S/C16H21N3O/c1-3-5-6-13-7-9-14(10-8-13)18-16(20)15-11-12-17-19(15)4-2/h7-12H,3-6H2,1-2H3,(H,18,20). The van der Waals surface area contributed by atoms with E-state index in [9.17, 15) is 4.79 Å². The maximum absolute atomic E-state index is 12.1. The normalized spacial score (nSPS) is 10.5. The molecular formula is C16H21N3O. The van der Waals surface area contributed by atoms with E-state index in [1.165, 1.54) is 18.4 Å². The van der Waals surface area contributed by atoms with E-state index in [1.54, 1.807) is 16.9 Å². The monoisotopic (exact) mass is 271 g/mol. The summed E-state index contributed by atoms with van der Waals surface area (Å²) in [6, 6.07) is 9.78. The number of aromatic nitrogens is 2. The molecule has 106 valence electrons. The molecule has 1 N–H and O–H groups in total. The lowest BCUT2D eigenvalue weighted by molar-refractivity contribution is 0.101. The predicted molar refractivity (Wildman–Crippen MR) is 80.9 cm³/mol. The Morgan fingerprint density at radius 1 is 1.20 bits per heavy atom. The lowest BCUT2D eigenvalue weighted by Crippen LogP contribution is -2.17. The smallest absolute Gasteiger partial charge is 0.273 e. The molecule has 0 saturated heterocycles. The summed E-state index contributed by atoms with van der Waals surface area (Å²) in [5.41, 5.74) is 2.71. The quantitative estimate of drug-likeness (QED) is 0.874. The SMILES string of the molecule is CCCCc1ccc(NC(=O)c2ccnn2CC)cc1.